The van der Waals surface area contributed by atoms with Crippen molar-refractivity contribution in [2.75, 3.05) is 13.1 Å². The van der Waals surface area contributed by atoms with Crippen molar-refractivity contribution in [3.8, 4) is 0 Å². The van der Waals surface area contributed by atoms with E-state index in [1.807, 2.05) is 17.0 Å². The van der Waals surface area contributed by atoms with Crippen molar-refractivity contribution < 1.29 is 4.79 Å². The third-order valence-electron chi connectivity index (χ3n) is 3.05. The SMILES string of the molecule is NCC1CCCN1C(=O)Cc1cccnc1. The highest BCUT2D eigenvalue weighted by atomic mass is 16.2. The van der Waals surface area contributed by atoms with Crippen LogP contribution in [0.1, 0.15) is 18.4 Å². The van der Waals surface area contributed by atoms with Crippen LogP contribution in [0.4, 0.5) is 0 Å². The van der Waals surface area contributed by atoms with Crippen molar-refractivity contribution >= 4 is 5.91 Å². The van der Waals surface area contributed by atoms with Gasteiger partial charge >= 0.3 is 0 Å². The van der Waals surface area contributed by atoms with E-state index in [4.69, 9.17) is 5.73 Å². The fourth-order valence-electron chi connectivity index (χ4n) is 2.19. The lowest BCUT2D eigenvalue weighted by Crippen LogP contribution is -2.40. The maximum atomic E-state index is 12.0. The van der Waals surface area contributed by atoms with Gasteiger partial charge in [-0.15, -0.1) is 0 Å². The summed E-state index contributed by atoms with van der Waals surface area (Å²) in [4.78, 5) is 17.9. The molecular weight excluding hydrogens is 202 g/mol. The van der Waals surface area contributed by atoms with Gasteiger partial charge in [-0.05, 0) is 24.5 Å². The molecule has 2 rings (SSSR count). The second-order valence-corrected chi connectivity index (χ2v) is 4.16. The second-order valence-electron chi connectivity index (χ2n) is 4.16. The van der Waals surface area contributed by atoms with E-state index in [9.17, 15) is 4.79 Å². The fraction of sp³-hybridized carbons (Fsp3) is 0.500. The Morgan fingerprint density at radius 3 is 3.19 bits per heavy atom. The summed E-state index contributed by atoms with van der Waals surface area (Å²) in [7, 11) is 0. The second kappa shape index (κ2) is 5.07. The molecule has 1 atom stereocenters. The number of rotatable bonds is 3. The molecule has 4 heteroatoms. The summed E-state index contributed by atoms with van der Waals surface area (Å²) < 4.78 is 0. The van der Waals surface area contributed by atoms with E-state index in [0.29, 0.717) is 13.0 Å². The Balaban J connectivity index is 1.98. The van der Waals surface area contributed by atoms with Crippen molar-refractivity contribution in [1.29, 1.82) is 0 Å². The maximum Gasteiger partial charge on any atom is 0.227 e. The molecule has 0 aliphatic carbocycles. The molecule has 1 aromatic rings. The van der Waals surface area contributed by atoms with Crippen LogP contribution < -0.4 is 5.73 Å². The van der Waals surface area contributed by atoms with E-state index in [0.717, 1.165) is 24.9 Å². The first-order valence-electron chi connectivity index (χ1n) is 5.69. The van der Waals surface area contributed by atoms with Crippen LogP contribution in [0.2, 0.25) is 0 Å². The molecule has 1 amide bonds. The van der Waals surface area contributed by atoms with Crippen LogP contribution in [0.25, 0.3) is 0 Å². The first kappa shape index (κ1) is 11.1. The van der Waals surface area contributed by atoms with E-state index >= 15 is 0 Å². The lowest BCUT2D eigenvalue weighted by Gasteiger charge is -2.23. The third-order valence-corrected chi connectivity index (χ3v) is 3.05. The zero-order chi connectivity index (χ0) is 11.4. The number of nitrogens with zero attached hydrogens (tertiary/aromatic N) is 2. The number of carbonyl (C=O) groups excluding carboxylic acids is 1. The molecule has 1 fully saturated rings. The minimum atomic E-state index is 0.168. The summed E-state index contributed by atoms with van der Waals surface area (Å²) in [5.74, 6) is 0.168. The Labute approximate surface area is 95.5 Å². The first-order valence-corrected chi connectivity index (χ1v) is 5.69. The largest absolute Gasteiger partial charge is 0.338 e. The number of hydrogen-bond donors (Lipinski definition) is 1. The van der Waals surface area contributed by atoms with Gasteiger partial charge in [-0.1, -0.05) is 6.07 Å². The van der Waals surface area contributed by atoms with Gasteiger partial charge in [-0.3, -0.25) is 9.78 Å². The topological polar surface area (TPSA) is 59.2 Å². The van der Waals surface area contributed by atoms with Gasteiger partial charge in [0.25, 0.3) is 0 Å². The molecule has 1 aromatic heterocycles. The van der Waals surface area contributed by atoms with E-state index in [2.05, 4.69) is 4.98 Å². The molecule has 1 aliphatic heterocycles. The summed E-state index contributed by atoms with van der Waals surface area (Å²) in [5, 5.41) is 0. The summed E-state index contributed by atoms with van der Waals surface area (Å²) in [6.45, 7) is 1.42. The molecule has 2 heterocycles. The molecule has 2 N–H and O–H groups in total. The van der Waals surface area contributed by atoms with Crippen LogP contribution in [-0.4, -0.2) is 34.9 Å². The predicted octanol–water partition coefficient (Wildman–Crippen LogP) is 0.574. The minimum absolute atomic E-state index is 0.168. The molecule has 16 heavy (non-hydrogen) atoms. The van der Waals surface area contributed by atoms with E-state index in [1.54, 1.807) is 12.4 Å². The normalized spacial score (nSPS) is 20.1. The Hall–Kier alpha value is -1.42. The zero-order valence-electron chi connectivity index (χ0n) is 9.30. The van der Waals surface area contributed by atoms with Gasteiger partial charge in [0.2, 0.25) is 5.91 Å². The standard InChI is InChI=1S/C12H17N3O/c13-8-11-4-2-6-15(11)12(16)7-10-3-1-5-14-9-10/h1,3,5,9,11H,2,4,6-8,13H2. The Bertz CT molecular complexity index is 353. The van der Waals surface area contributed by atoms with Gasteiger partial charge in [0, 0.05) is 31.5 Å². The molecule has 4 nitrogen and oxygen atoms in total. The molecule has 86 valence electrons. The van der Waals surface area contributed by atoms with Crippen LogP contribution in [-0.2, 0) is 11.2 Å². The smallest absolute Gasteiger partial charge is 0.227 e. The Morgan fingerprint density at radius 2 is 2.50 bits per heavy atom. The van der Waals surface area contributed by atoms with Crippen LogP contribution in [0.15, 0.2) is 24.5 Å². The average Bonchev–Trinajstić information content (AvgIpc) is 2.78. The van der Waals surface area contributed by atoms with Gasteiger partial charge in [0.05, 0.1) is 6.42 Å². The van der Waals surface area contributed by atoms with Gasteiger partial charge in [0.15, 0.2) is 0 Å². The molecule has 1 saturated heterocycles. The van der Waals surface area contributed by atoms with Crippen molar-refractivity contribution in [1.82, 2.24) is 9.88 Å². The molecule has 0 spiro atoms. The number of nitrogens with two attached hydrogens (primary N) is 1. The van der Waals surface area contributed by atoms with Crippen molar-refractivity contribution in [3.63, 3.8) is 0 Å². The Morgan fingerprint density at radius 1 is 1.62 bits per heavy atom. The first-order chi connectivity index (χ1) is 7.81. The van der Waals surface area contributed by atoms with Crippen LogP contribution in [0.3, 0.4) is 0 Å². The number of pyridine rings is 1. The number of likely N-dealkylation sites (tertiary alicyclic amines) is 1. The minimum Gasteiger partial charge on any atom is -0.338 e. The van der Waals surface area contributed by atoms with Gasteiger partial charge in [-0.2, -0.15) is 0 Å². The number of hydrogen-bond acceptors (Lipinski definition) is 3. The van der Waals surface area contributed by atoms with Gasteiger partial charge < -0.3 is 10.6 Å². The molecule has 0 aromatic carbocycles. The molecule has 1 aliphatic rings. The predicted molar refractivity (Wildman–Crippen MR) is 61.7 cm³/mol. The lowest BCUT2D eigenvalue weighted by atomic mass is 10.1. The van der Waals surface area contributed by atoms with Crippen LogP contribution in [0, 0.1) is 0 Å². The lowest BCUT2D eigenvalue weighted by molar-refractivity contribution is -0.131. The summed E-state index contributed by atoms with van der Waals surface area (Å²) in [6, 6.07) is 4.02. The summed E-state index contributed by atoms with van der Waals surface area (Å²) in [5.41, 5.74) is 6.62. The zero-order valence-corrected chi connectivity index (χ0v) is 9.30. The summed E-state index contributed by atoms with van der Waals surface area (Å²) >= 11 is 0. The maximum absolute atomic E-state index is 12.0. The molecule has 0 radical (unpaired) electrons. The number of amides is 1. The summed E-state index contributed by atoms with van der Waals surface area (Å²) in [6.07, 6.45) is 6.00. The van der Waals surface area contributed by atoms with Crippen molar-refractivity contribution in [2.45, 2.75) is 25.3 Å². The van der Waals surface area contributed by atoms with E-state index in [-0.39, 0.29) is 11.9 Å². The van der Waals surface area contributed by atoms with E-state index < -0.39 is 0 Å². The van der Waals surface area contributed by atoms with Crippen molar-refractivity contribution in [3.05, 3.63) is 30.1 Å². The van der Waals surface area contributed by atoms with Gasteiger partial charge in [-0.25, -0.2) is 0 Å². The Kier molecular flexibility index (Phi) is 3.51. The monoisotopic (exact) mass is 219 g/mol. The highest BCUT2D eigenvalue weighted by molar-refractivity contribution is 5.79. The molecule has 0 saturated carbocycles. The number of carbonyl (C=O) groups is 1. The quantitative estimate of drug-likeness (QED) is 0.808. The van der Waals surface area contributed by atoms with Crippen LogP contribution in [0.5, 0.6) is 0 Å². The van der Waals surface area contributed by atoms with Crippen molar-refractivity contribution in [2.24, 2.45) is 5.73 Å². The number of aromatic nitrogens is 1. The molecular formula is C12H17N3O. The van der Waals surface area contributed by atoms with E-state index in [1.165, 1.54) is 0 Å². The highest BCUT2D eigenvalue weighted by Gasteiger charge is 2.27. The molecule has 1 unspecified atom stereocenters. The average molecular weight is 219 g/mol. The fourth-order valence-corrected chi connectivity index (χ4v) is 2.19. The third kappa shape index (κ3) is 2.39. The highest BCUT2D eigenvalue weighted by Crippen LogP contribution is 2.17. The molecule has 0 bridgehead atoms. The van der Waals surface area contributed by atoms with Crippen LogP contribution >= 0.6 is 0 Å². The van der Waals surface area contributed by atoms with Gasteiger partial charge in [0.1, 0.15) is 0 Å².